The van der Waals surface area contributed by atoms with Crippen molar-refractivity contribution in [3.05, 3.63) is 145 Å². The molecule has 3 nitrogen and oxygen atoms in total. The normalized spacial score (nSPS) is 11.0. The number of benzene rings is 5. The molecular weight excluding hydrogens is 462 g/mol. The first-order valence-electron chi connectivity index (χ1n) is 12.9. The van der Waals surface area contributed by atoms with Crippen molar-refractivity contribution in [1.29, 1.82) is 5.26 Å². The summed E-state index contributed by atoms with van der Waals surface area (Å²) >= 11 is 0. The van der Waals surface area contributed by atoms with Gasteiger partial charge in [0.2, 0.25) is 0 Å². The first kappa shape index (κ1) is 24.9. The molecule has 0 saturated heterocycles. The minimum absolute atomic E-state index is 0.0827. The van der Waals surface area contributed by atoms with Gasteiger partial charge in [-0.1, -0.05) is 81.4 Å². The standard InChI is InChI=1S/C35H31N3/c1-35(2,3)28-23-33(37(29-15-7-4-8-16-29)30-17-9-5-10-18-30)25-34(24-28)38(31-19-11-6-12-20-31)32-21-13-14-27(22-32)26-36/h4-25H,1-3H3. The molecule has 0 unspecified atom stereocenters. The Balaban J connectivity index is 1.78. The van der Waals surface area contributed by atoms with Crippen molar-refractivity contribution < 1.29 is 0 Å². The Bertz CT molecular complexity index is 1510. The van der Waals surface area contributed by atoms with E-state index >= 15 is 0 Å². The third-order valence-electron chi connectivity index (χ3n) is 6.56. The molecule has 0 aliphatic carbocycles. The Morgan fingerprint density at radius 3 is 1.32 bits per heavy atom. The molecule has 0 amide bonds. The van der Waals surface area contributed by atoms with Crippen LogP contribution in [0.2, 0.25) is 0 Å². The maximum atomic E-state index is 9.63. The van der Waals surface area contributed by atoms with Gasteiger partial charge < -0.3 is 9.80 Å². The smallest absolute Gasteiger partial charge is 0.0992 e. The Morgan fingerprint density at radius 2 is 0.895 bits per heavy atom. The molecule has 0 aliphatic heterocycles. The summed E-state index contributed by atoms with van der Waals surface area (Å²) in [6.45, 7) is 6.73. The van der Waals surface area contributed by atoms with Crippen LogP contribution in [0.1, 0.15) is 31.9 Å². The van der Waals surface area contributed by atoms with Gasteiger partial charge >= 0.3 is 0 Å². The number of anilines is 6. The van der Waals surface area contributed by atoms with Gasteiger partial charge in [-0.3, -0.25) is 0 Å². The molecule has 0 aliphatic rings. The molecule has 5 rings (SSSR count). The lowest BCUT2D eigenvalue weighted by atomic mass is 9.86. The molecular formula is C35H31N3. The molecule has 0 radical (unpaired) electrons. The maximum absolute atomic E-state index is 9.63. The monoisotopic (exact) mass is 493 g/mol. The fourth-order valence-corrected chi connectivity index (χ4v) is 4.63. The molecule has 5 aromatic carbocycles. The molecule has 0 fully saturated rings. The van der Waals surface area contributed by atoms with Crippen molar-refractivity contribution in [3.63, 3.8) is 0 Å². The van der Waals surface area contributed by atoms with Gasteiger partial charge in [-0.25, -0.2) is 0 Å². The summed E-state index contributed by atoms with van der Waals surface area (Å²) in [5.74, 6) is 0. The molecule has 0 spiro atoms. The summed E-state index contributed by atoms with van der Waals surface area (Å²) in [5.41, 5.74) is 8.03. The number of para-hydroxylation sites is 3. The third kappa shape index (κ3) is 5.31. The number of rotatable bonds is 6. The van der Waals surface area contributed by atoms with E-state index in [1.165, 1.54) is 5.56 Å². The van der Waals surface area contributed by atoms with E-state index in [0.29, 0.717) is 5.56 Å². The van der Waals surface area contributed by atoms with E-state index in [2.05, 4.69) is 122 Å². The lowest BCUT2D eigenvalue weighted by Gasteiger charge is -2.32. The van der Waals surface area contributed by atoms with Crippen molar-refractivity contribution in [3.8, 4) is 6.07 Å². The van der Waals surface area contributed by atoms with Crippen LogP contribution in [0, 0.1) is 11.3 Å². The molecule has 5 aromatic rings. The highest BCUT2D eigenvalue weighted by Gasteiger charge is 2.22. The van der Waals surface area contributed by atoms with Crippen LogP contribution in [-0.4, -0.2) is 0 Å². The van der Waals surface area contributed by atoms with Gasteiger partial charge in [-0.15, -0.1) is 0 Å². The first-order chi connectivity index (χ1) is 18.4. The van der Waals surface area contributed by atoms with E-state index in [9.17, 15) is 5.26 Å². The fourth-order valence-electron chi connectivity index (χ4n) is 4.63. The second-order valence-corrected chi connectivity index (χ2v) is 10.3. The Kier molecular flexibility index (Phi) is 6.98. The molecule has 38 heavy (non-hydrogen) atoms. The van der Waals surface area contributed by atoms with Gasteiger partial charge in [0.1, 0.15) is 0 Å². The lowest BCUT2D eigenvalue weighted by molar-refractivity contribution is 0.590. The average molecular weight is 494 g/mol. The highest BCUT2D eigenvalue weighted by molar-refractivity contribution is 5.84. The predicted octanol–water partition coefficient (Wildman–Crippen LogP) is 9.80. The van der Waals surface area contributed by atoms with Crippen molar-refractivity contribution in [2.75, 3.05) is 9.80 Å². The largest absolute Gasteiger partial charge is 0.310 e. The Hall–Kier alpha value is -4.81. The maximum Gasteiger partial charge on any atom is 0.0992 e. The van der Waals surface area contributed by atoms with E-state index in [1.807, 2.05) is 48.5 Å². The highest BCUT2D eigenvalue weighted by atomic mass is 15.2. The zero-order chi connectivity index (χ0) is 26.5. The van der Waals surface area contributed by atoms with Gasteiger partial charge in [0.25, 0.3) is 0 Å². The second kappa shape index (κ2) is 10.7. The van der Waals surface area contributed by atoms with Crippen molar-refractivity contribution >= 4 is 34.1 Å². The Morgan fingerprint density at radius 1 is 0.474 bits per heavy atom. The summed E-state index contributed by atoms with van der Waals surface area (Å²) in [5, 5.41) is 9.63. The van der Waals surface area contributed by atoms with Crippen molar-refractivity contribution in [1.82, 2.24) is 0 Å². The molecule has 0 saturated carbocycles. The van der Waals surface area contributed by atoms with Crippen molar-refractivity contribution in [2.45, 2.75) is 26.2 Å². The SMILES string of the molecule is CC(C)(C)c1cc(N(c2ccccc2)c2ccccc2)cc(N(c2ccccc2)c2cccc(C#N)c2)c1. The first-order valence-corrected chi connectivity index (χ1v) is 12.9. The molecule has 0 aromatic heterocycles. The van der Waals surface area contributed by atoms with Crippen LogP contribution in [0.15, 0.2) is 133 Å². The molecule has 0 bridgehead atoms. The van der Waals surface area contributed by atoms with Gasteiger partial charge in [0, 0.05) is 34.1 Å². The molecule has 0 N–H and O–H groups in total. The van der Waals surface area contributed by atoms with Crippen LogP contribution in [0.3, 0.4) is 0 Å². The van der Waals surface area contributed by atoms with Gasteiger partial charge in [0.15, 0.2) is 0 Å². The molecule has 186 valence electrons. The van der Waals surface area contributed by atoms with Crippen LogP contribution >= 0.6 is 0 Å². The van der Waals surface area contributed by atoms with Crippen molar-refractivity contribution in [2.24, 2.45) is 0 Å². The van der Waals surface area contributed by atoms with E-state index in [0.717, 1.165) is 34.1 Å². The zero-order valence-corrected chi connectivity index (χ0v) is 22.0. The highest BCUT2D eigenvalue weighted by Crippen LogP contribution is 2.43. The van der Waals surface area contributed by atoms with Crippen LogP contribution in [-0.2, 0) is 5.41 Å². The van der Waals surface area contributed by atoms with Crippen LogP contribution in [0.5, 0.6) is 0 Å². The number of nitrogens with zero attached hydrogens (tertiary/aromatic N) is 3. The zero-order valence-electron chi connectivity index (χ0n) is 22.0. The summed E-state index contributed by atoms with van der Waals surface area (Å²) in [6, 6.07) is 48.2. The lowest BCUT2D eigenvalue weighted by Crippen LogP contribution is -2.17. The Labute approximate surface area is 225 Å². The van der Waals surface area contributed by atoms with E-state index < -0.39 is 0 Å². The minimum Gasteiger partial charge on any atom is -0.310 e. The van der Waals surface area contributed by atoms with Gasteiger partial charge in [-0.2, -0.15) is 5.26 Å². The fraction of sp³-hybridized carbons (Fsp3) is 0.114. The summed E-state index contributed by atoms with van der Waals surface area (Å²) in [4.78, 5) is 4.53. The quantitative estimate of drug-likeness (QED) is 0.236. The van der Waals surface area contributed by atoms with E-state index in [1.54, 1.807) is 0 Å². The predicted molar refractivity (Wildman–Crippen MR) is 159 cm³/mol. The van der Waals surface area contributed by atoms with Crippen LogP contribution in [0.25, 0.3) is 0 Å². The molecule has 0 atom stereocenters. The third-order valence-corrected chi connectivity index (χ3v) is 6.56. The number of hydrogen-bond acceptors (Lipinski definition) is 3. The average Bonchev–Trinajstić information content (AvgIpc) is 2.95. The minimum atomic E-state index is -0.0827. The van der Waals surface area contributed by atoms with E-state index in [-0.39, 0.29) is 5.41 Å². The summed E-state index contributed by atoms with van der Waals surface area (Å²) in [7, 11) is 0. The van der Waals surface area contributed by atoms with Gasteiger partial charge in [-0.05, 0) is 83.8 Å². The van der Waals surface area contributed by atoms with E-state index in [4.69, 9.17) is 0 Å². The topological polar surface area (TPSA) is 30.3 Å². The number of hydrogen-bond donors (Lipinski definition) is 0. The second-order valence-electron chi connectivity index (χ2n) is 10.3. The summed E-state index contributed by atoms with van der Waals surface area (Å²) < 4.78 is 0. The molecule has 3 heteroatoms. The van der Waals surface area contributed by atoms with Gasteiger partial charge in [0.05, 0.1) is 11.6 Å². The number of nitriles is 1. The van der Waals surface area contributed by atoms with Crippen LogP contribution in [0.4, 0.5) is 34.1 Å². The molecule has 0 heterocycles. The van der Waals surface area contributed by atoms with Crippen LogP contribution < -0.4 is 9.80 Å². The summed E-state index contributed by atoms with van der Waals surface area (Å²) in [6.07, 6.45) is 0.